The van der Waals surface area contributed by atoms with Gasteiger partial charge in [0.05, 0.1) is 18.1 Å². The van der Waals surface area contributed by atoms with E-state index in [2.05, 4.69) is 20.5 Å². The summed E-state index contributed by atoms with van der Waals surface area (Å²) in [6, 6.07) is 5.81. The predicted molar refractivity (Wildman–Crippen MR) is 104 cm³/mol. The van der Waals surface area contributed by atoms with Gasteiger partial charge in [-0.25, -0.2) is 4.68 Å². The van der Waals surface area contributed by atoms with Crippen molar-refractivity contribution in [1.29, 1.82) is 0 Å². The molecule has 1 aliphatic rings. The lowest BCUT2D eigenvalue weighted by Gasteiger charge is -2.34. The second-order valence-electron chi connectivity index (χ2n) is 6.98. The van der Waals surface area contributed by atoms with E-state index in [9.17, 15) is 14.4 Å². The zero-order chi connectivity index (χ0) is 20.8. The van der Waals surface area contributed by atoms with Crippen LogP contribution in [0.25, 0.3) is 5.69 Å². The quantitative estimate of drug-likeness (QED) is 0.671. The number of nitrogens with zero attached hydrogens (tertiary/aromatic N) is 5. The Labute approximate surface area is 168 Å². The maximum absolute atomic E-state index is 12.9. The number of nitrogens with one attached hydrogen (secondary N) is 1. The number of benzene rings is 1. The SMILES string of the molecule is CN1CCN(C(=O)[C@H](CCC(=O)O)NC(=O)c2ccc(-n3ccnn3)cc2)CC1. The van der Waals surface area contributed by atoms with Crippen LogP contribution in [0.2, 0.25) is 0 Å². The third-order valence-corrected chi connectivity index (χ3v) is 4.88. The van der Waals surface area contributed by atoms with Crippen LogP contribution in [-0.2, 0) is 9.59 Å². The van der Waals surface area contributed by atoms with Gasteiger partial charge in [0.2, 0.25) is 5.91 Å². The zero-order valence-corrected chi connectivity index (χ0v) is 16.2. The number of carbonyl (C=O) groups excluding carboxylic acids is 2. The number of hydrogen-bond acceptors (Lipinski definition) is 6. The van der Waals surface area contributed by atoms with E-state index in [1.165, 1.54) is 0 Å². The molecule has 2 amide bonds. The number of aliphatic carboxylic acids is 1. The van der Waals surface area contributed by atoms with Crippen LogP contribution in [0.3, 0.4) is 0 Å². The summed E-state index contributed by atoms with van der Waals surface area (Å²) < 4.78 is 1.56. The number of likely N-dealkylation sites (N-methyl/N-ethyl adjacent to an activating group) is 1. The summed E-state index contributed by atoms with van der Waals surface area (Å²) in [4.78, 5) is 40.3. The van der Waals surface area contributed by atoms with E-state index in [1.807, 2.05) is 7.05 Å². The Kier molecular flexibility index (Phi) is 6.55. The molecule has 154 valence electrons. The highest BCUT2D eigenvalue weighted by molar-refractivity contribution is 5.97. The van der Waals surface area contributed by atoms with Crippen molar-refractivity contribution in [3.63, 3.8) is 0 Å². The Morgan fingerprint density at radius 3 is 2.41 bits per heavy atom. The summed E-state index contributed by atoms with van der Waals surface area (Å²) >= 11 is 0. The third-order valence-electron chi connectivity index (χ3n) is 4.88. The minimum atomic E-state index is -1.01. The minimum Gasteiger partial charge on any atom is -0.481 e. The summed E-state index contributed by atoms with van der Waals surface area (Å²) in [5.74, 6) is -1.67. The Hall–Kier alpha value is -3.27. The zero-order valence-electron chi connectivity index (χ0n) is 16.2. The lowest BCUT2D eigenvalue weighted by Crippen LogP contribution is -2.54. The van der Waals surface area contributed by atoms with E-state index in [1.54, 1.807) is 46.2 Å². The number of carbonyl (C=O) groups is 3. The van der Waals surface area contributed by atoms with Crippen LogP contribution in [0.1, 0.15) is 23.2 Å². The molecule has 1 aliphatic heterocycles. The highest BCUT2D eigenvalue weighted by Gasteiger charge is 2.28. The number of carboxylic acids is 1. The molecule has 2 N–H and O–H groups in total. The first-order valence-corrected chi connectivity index (χ1v) is 9.41. The topological polar surface area (TPSA) is 121 Å². The third kappa shape index (κ3) is 5.38. The molecule has 1 fully saturated rings. The molecular formula is C19H24N6O4. The molecule has 1 aromatic carbocycles. The molecule has 0 spiro atoms. The van der Waals surface area contributed by atoms with Crippen molar-refractivity contribution in [1.82, 2.24) is 30.1 Å². The molecule has 0 unspecified atom stereocenters. The monoisotopic (exact) mass is 400 g/mol. The van der Waals surface area contributed by atoms with Gasteiger partial charge in [-0.3, -0.25) is 14.4 Å². The smallest absolute Gasteiger partial charge is 0.303 e. The Morgan fingerprint density at radius 1 is 1.14 bits per heavy atom. The van der Waals surface area contributed by atoms with Gasteiger partial charge in [0, 0.05) is 38.2 Å². The van der Waals surface area contributed by atoms with Crippen LogP contribution in [0.15, 0.2) is 36.7 Å². The van der Waals surface area contributed by atoms with E-state index in [0.29, 0.717) is 18.7 Å². The van der Waals surface area contributed by atoms with Crippen molar-refractivity contribution < 1.29 is 19.5 Å². The van der Waals surface area contributed by atoms with Crippen molar-refractivity contribution >= 4 is 17.8 Å². The van der Waals surface area contributed by atoms with Crippen LogP contribution in [0.5, 0.6) is 0 Å². The largest absolute Gasteiger partial charge is 0.481 e. The molecule has 1 saturated heterocycles. The average Bonchev–Trinajstić information content (AvgIpc) is 3.26. The van der Waals surface area contributed by atoms with Crippen LogP contribution >= 0.6 is 0 Å². The van der Waals surface area contributed by atoms with Gasteiger partial charge in [-0.2, -0.15) is 0 Å². The minimum absolute atomic E-state index is 0.0449. The molecule has 0 aliphatic carbocycles. The summed E-state index contributed by atoms with van der Waals surface area (Å²) in [5.41, 5.74) is 1.12. The Bertz CT molecular complexity index is 844. The first-order chi connectivity index (χ1) is 13.9. The van der Waals surface area contributed by atoms with Gasteiger partial charge in [-0.05, 0) is 37.7 Å². The van der Waals surface area contributed by atoms with Crippen molar-refractivity contribution in [2.45, 2.75) is 18.9 Å². The molecule has 2 heterocycles. The van der Waals surface area contributed by atoms with E-state index in [-0.39, 0.29) is 18.7 Å². The second kappa shape index (κ2) is 9.28. The van der Waals surface area contributed by atoms with E-state index >= 15 is 0 Å². The maximum Gasteiger partial charge on any atom is 0.303 e. The number of hydrogen-bond donors (Lipinski definition) is 2. The molecule has 0 saturated carbocycles. The Morgan fingerprint density at radius 2 is 1.83 bits per heavy atom. The van der Waals surface area contributed by atoms with Crippen LogP contribution in [0.4, 0.5) is 0 Å². The molecule has 0 radical (unpaired) electrons. The van der Waals surface area contributed by atoms with Crippen LogP contribution in [0, 0.1) is 0 Å². The number of carboxylic acid groups (broad SMARTS) is 1. The normalized spacial score (nSPS) is 15.7. The first kappa shape index (κ1) is 20.5. The molecule has 0 bridgehead atoms. The summed E-state index contributed by atoms with van der Waals surface area (Å²) in [6.07, 6.45) is 3.09. The number of rotatable bonds is 7. The first-order valence-electron chi connectivity index (χ1n) is 9.41. The lowest BCUT2D eigenvalue weighted by atomic mass is 10.1. The van der Waals surface area contributed by atoms with Gasteiger partial charge in [-0.1, -0.05) is 5.21 Å². The van der Waals surface area contributed by atoms with Gasteiger partial charge in [0.25, 0.3) is 5.91 Å². The van der Waals surface area contributed by atoms with Crippen molar-refractivity contribution in [2.75, 3.05) is 33.2 Å². The maximum atomic E-state index is 12.9. The Balaban J connectivity index is 1.68. The average molecular weight is 400 g/mol. The molecule has 1 atom stereocenters. The second-order valence-corrected chi connectivity index (χ2v) is 6.98. The molecular weight excluding hydrogens is 376 g/mol. The molecule has 29 heavy (non-hydrogen) atoms. The number of amides is 2. The molecule has 10 heteroatoms. The fraction of sp³-hybridized carbons (Fsp3) is 0.421. The molecule has 3 rings (SSSR count). The predicted octanol–water partition coefficient (Wildman–Crippen LogP) is 0.00450. The summed E-state index contributed by atoms with van der Waals surface area (Å²) in [7, 11) is 1.98. The van der Waals surface area contributed by atoms with Crippen LogP contribution in [-0.4, -0.2) is 87.0 Å². The summed E-state index contributed by atoms with van der Waals surface area (Å²) in [5, 5.41) is 19.3. The van der Waals surface area contributed by atoms with Gasteiger partial charge >= 0.3 is 5.97 Å². The van der Waals surface area contributed by atoms with Gasteiger partial charge in [-0.15, -0.1) is 5.10 Å². The molecule has 10 nitrogen and oxygen atoms in total. The fourth-order valence-corrected chi connectivity index (χ4v) is 3.13. The standard InChI is InChI=1S/C19H24N6O4/c1-23-10-12-24(13-11-23)19(29)16(6-7-17(26)27)21-18(28)14-2-4-15(5-3-14)25-9-8-20-22-25/h2-5,8-9,16H,6-7,10-13H2,1H3,(H,21,28)(H,26,27)/t16-/m0/s1. The van der Waals surface area contributed by atoms with Crippen molar-refractivity contribution in [2.24, 2.45) is 0 Å². The lowest BCUT2D eigenvalue weighted by molar-refractivity contribution is -0.138. The van der Waals surface area contributed by atoms with Crippen molar-refractivity contribution in [3.8, 4) is 5.69 Å². The molecule has 2 aromatic rings. The highest BCUT2D eigenvalue weighted by atomic mass is 16.4. The summed E-state index contributed by atoms with van der Waals surface area (Å²) in [6.45, 7) is 2.60. The van der Waals surface area contributed by atoms with E-state index < -0.39 is 17.9 Å². The van der Waals surface area contributed by atoms with Gasteiger partial charge < -0.3 is 20.2 Å². The van der Waals surface area contributed by atoms with Gasteiger partial charge in [0.1, 0.15) is 6.04 Å². The van der Waals surface area contributed by atoms with Crippen molar-refractivity contribution in [3.05, 3.63) is 42.2 Å². The van der Waals surface area contributed by atoms with E-state index in [4.69, 9.17) is 5.11 Å². The van der Waals surface area contributed by atoms with Gasteiger partial charge in [0.15, 0.2) is 0 Å². The number of piperazine rings is 1. The highest BCUT2D eigenvalue weighted by Crippen LogP contribution is 2.11. The fourth-order valence-electron chi connectivity index (χ4n) is 3.13. The van der Waals surface area contributed by atoms with E-state index in [0.717, 1.165) is 18.8 Å². The van der Waals surface area contributed by atoms with Crippen LogP contribution < -0.4 is 5.32 Å². The molecule has 1 aromatic heterocycles. The number of aromatic nitrogens is 3.